The van der Waals surface area contributed by atoms with Gasteiger partial charge in [-0.2, -0.15) is 14.6 Å². The lowest BCUT2D eigenvalue weighted by molar-refractivity contribution is -0.119. The van der Waals surface area contributed by atoms with Gasteiger partial charge in [-0.25, -0.2) is 5.10 Å². The van der Waals surface area contributed by atoms with Crippen molar-refractivity contribution in [3.63, 3.8) is 0 Å². The monoisotopic (exact) mass is 530 g/mol. The molecule has 2 aliphatic carbocycles. The number of amides is 2. The Hall–Kier alpha value is -3.54. The van der Waals surface area contributed by atoms with Crippen molar-refractivity contribution < 1.29 is 14.0 Å². The SMILES string of the molecule is CCn1nccc1C(=O)NC(C(=O)Nc1cn(C(C)c2cc(Cl)n[nH]c2=O)nc1F)C(C1CC1)C1CC1. The van der Waals surface area contributed by atoms with E-state index in [1.54, 1.807) is 23.9 Å². The van der Waals surface area contributed by atoms with Gasteiger partial charge in [0.1, 0.15) is 22.6 Å². The second kappa shape index (κ2) is 10.1. The van der Waals surface area contributed by atoms with Crippen molar-refractivity contribution in [1.29, 1.82) is 0 Å². The summed E-state index contributed by atoms with van der Waals surface area (Å²) in [5.41, 5.74) is -0.0268. The molecule has 3 heterocycles. The highest BCUT2D eigenvalue weighted by atomic mass is 35.5. The zero-order valence-corrected chi connectivity index (χ0v) is 21.2. The summed E-state index contributed by atoms with van der Waals surface area (Å²) in [4.78, 5) is 38.9. The Labute approximate surface area is 216 Å². The number of anilines is 1. The fourth-order valence-corrected chi connectivity index (χ4v) is 5.09. The maximum Gasteiger partial charge on any atom is 0.270 e. The van der Waals surface area contributed by atoms with Crippen LogP contribution in [0.2, 0.25) is 5.15 Å². The van der Waals surface area contributed by atoms with Crippen LogP contribution in [-0.2, 0) is 11.3 Å². The van der Waals surface area contributed by atoms with Gasteiger partial charge in [0.25, 0.3) is 17.4 Å². The summed E-state index contributed by atoms with van der Waals surface area (Å²) in [5.74, 6) is -1.15. The molecule has 0 aliphatic heterocycles. The summed E-state index contributed by atoms with van der Waals surface area (Å²) in [7, 11) is 0. The number of nitrogens with zero attached hydrogens (tertiary/aromatic N) is 5. The Balaban J connectivity index is 1.38. The first-order valence-corrected chi connectivity index (χ1v) is 12.8. The van der Waals surface area contributed by atoms with E-state index in [4.69, 9.17) is 11.6 Å². The molecule has 3 N–H and O–H groups in total. The number of halogens is 2. The van der Waals surface area contributed by atoms with Gasteiger partial charge in [-0.05, 0) is 69.4 Å². The summed E-state index contributed by atoms with van der Waals surface area (Å²) in [6, 6.07) is 1.47. The predicted molar refractivity (Wildman–Crippen MR) is 133 cm³/mol. The van der Waals surface area contributed by atoms with Gasteiger partial charge in [-0.15, -0.1) is 5.10 Å². The number of H-pyrrole nitrogens is 1. The molecule has 2 fully saturated rings. The average molecular weight is 531 g/mol. The fourth-order valence-electron chi connectivity index (χ4n) is 4.93. The van der Waals surface area contributed by atoms with Gasteiger partial charge < -0.3 is 10.6 Å². The number of nitrogens with one attached hydrogen (secondary N) is 3. The molecule has 0 saturated heterocycles. The minimum atomic E-state index is -0.902. The second-order valence-electron chi connectivity index (χ2n) is 9.69. The van der Waals surface area contributed by atoms with Gasteiger partial charge in [0.15, 0.2) is 0 Å². The van der Waals surface area contributed by atoms with Crippen molar-refractivity contribution in [1.82, 2.24) is 35.1 Å². The second-order valence-corrected chi connectivity index (χ2v) is 10.1. The van der Waals surface area contributed by atoms with Gasteiger partial charge in [0, 0.05) is 18.3 Å². The number of rotatable bonds is 10. The van der Waals surface area contributed by atoms with E-state index < -0.39 is 35.4 Å². The van der Waals surface area contributed by atoms with Crippen LogP contribution in [-0.4, -0.2) is 47.6 Å². The van der Waals surface area contributed by atoms with Crippen LogP contribution in [0, 0.1) is 23.7 Å². The van der Waals surface area contributed by atoms with Gasteiger partial charge in [-0.3, -0.25) is 23.7 Å². The van der Waals surface area contributed by atoms with E-state index in [0.29, 0.717) is 24.1 Å². The quantitative estimate of drug-likeness (QED) is 0.368. The number of hydrogen-bond donors (Lipinski definition) is 3. The maximum atomic E-state index is 14.8. The van der Waals surface area contributed by atoms with E-state index in [0.717, 1.165) is 25.7 Å². The largest absolute Gasteiger partial charge is 0.339 e. The normalized spacial score (nSPS) is 17.0. The molecule has 2 saturated carbocycles. The molecule has 0 bridgehead atoms. The molecule has 3 aromatic heterocycles. The molecule has 0 spiro atoms. The molecule has 2 aliphatic rings. The fraction of sp³-hybridized carbons (Fsp3) is 0.500. The predicted octanol–water partition coefficient (Wildman–Crippen LogP) is 2.76. The van der Waals surface area contributed by atoms with Crippen LogP contribution in [0.1, 0.15) is 61.6 Å². The van der Waals surface area contributed by atoms with E-state index in [9.17, 15) is 18.8 Å². The first-order valence-electron chi connectivity index (χ1n) is 12.4. The molecule has 2 unspecified atom stereocenters. The van der Waals surface area contributed by atoms with Gasteiger partial charge in [0.05, 0.1) is 12.2 Å². The van der Waals surface area contributed by atoms with E-state index in [-0.39, 0.29) is 22.3 Å². The smallest absolute Gasteiger partial charge is 0.270 e. The van der Waals surface area contributed by atoms with Crippen LogP contribution >= 0.6 is 11.6 Å². The molecule has 13 heteroatoms. The summed E-state index contributed by atoms with van der Waals surface area (Å²) in [6.45, 7) is 4.03. The van der Waals surface area contributed by atoms with Crippen LogP contribution in [0.15, 0.2) is 29.3 Å². The number of aromatic amines is 1. The Morgan fingerprint density at radius 1 is 1.27 bits per heavy atom. The lowest BCUT2D eigenvalue weighted by Gasteiger charge is -2.27. The molecule has 11 nitrogen and oxygen atoms in total. The molecule has 196 valence electrons. The summed E-state index contributed by atoms with van der Waals surface area (Å²) < 4.78 is 17.6. The molecule has 0 radical (unpaired) electrons. The van der Waals surface area contributed by atoms with Crippen LogP contribution in [0.4, 0.5) is 10.1 Å². The molecule has 0 aromatic carbocycles. The number of aryl methyl sites for hydroxylation is 1. The van der Waals surface area contributed by atoms with Crippen molar-refractivity contribution in [3.8, 4) is 0 Å². The lowest BCUT2D eigenvalue weighted by atomic mass is 9.88. The third-order valence-corrected chi connectivity index (χ3v) is 7.32. The van der Waals surface area contributed by atoms with Crippen molar-refractivity contribution >= 4 is 29.1 Å². The summed E-state index contributed by atoms with van der Waals surface area (Å²) in [5, 5.41) is 19.5. The highest BCUT2D eigenvalue weighted by molar-refractivity contribution is 6.29. The topological polar surface area (TPSA) is 140 Å². The molecular weight excluding hydrogens is 503 g/mol. The van der Waals surface area contributed by atoms with Crippen LogP contribution < -0.4 is 16.2 Å². The lowest BCUT2D eigenvalue weighted by Crippen LogP contribution is -2.50. The maximum absolute atomic E-state index is 14.8. The Morgan fingerprint density at radius 3 is 2.62 bits per heavy atom. The first kappa shape index (κ1) is 25.1. The number of carbonyl (C=O) groups excluding carboxylic acids is 2. The summed E-state index contributed by atoms with van der Waals surface area (Å²) in [6.07, 6.45) is 6.86. The van der Waals surface area contributed by atoms with E-state index in [2.05, 4.69) is 31.0 Å². The van der Waals surface area contributed by atoms with Crippen LogP contribution in [0.25, 0.3) is 0 Å². The van der Waals surface area contributed by atoms with Crippen molar-refractivity contribution in [2.24, 2.45) is 17.8 Å². The molecule has 3 aromatic rings. The van der Waals surface area contributed by atoms with Crippen molar-refractivity contribution in [3.05, 3.63) is 57.2 Å². The minimum Gasteiger partial charge on any atom is -0.339 e. The van der Waals surface area contributed by atoms with Crippen molar-refractivity contribution in [2.75, 3.05) is 5.32 Å². The highest BCUT2D eigenvalue weighted by Crippen LogP contribution is 2.51. The standard InChI is InChI=1S/C24H28ClFN8O3/c1-3-33-17(8-9-27-33)23(36)29-20(19(13-4-5-13)14-6-7-14)24(37)28-16-11-34(32-21(16)26)12(2)15-10-18(25)30-31-22(15)35/h8-14,19-20H,3-7H2,1-2H3,(H,28,37)(H,29,36)(H,31,35). The van der Waals surface area contributed by atoms with Crippen molar-refractivity contribution in [2.45, 2.75) is 58.2 Å². The first-order chi connectivity index (χ1) is 17.8. The van der Waals surface area contributed by atoms with Crippen LogP contribution in [0.5, 0.6) is 0 Å². The Morgan fingerprint density at radius 2 is 1.97 bits per heavy atom. The van der Waals surface area contributed by atoms with E-state index in [1.807, 2.05) is 6.92 Å². The molecule has 37 heavy (non-hydrogen) atoms. The number of aromatic nitrogens is 6. The average Bonchev–Trinajstić information content (AvgIpc) is 3.81. The minimum absolute atomic E-state index is 0.0310. The Bertz CT molecular complexity index is 1360. The van der Waals surface area contributed by atoms with Gasteiger partial charge in [-0.1, -0.05) is 11.6 Å². The van der Waals surface area contributed by atoms with E-state index >= 15 is 0 Å². The molecule has 5 rings (SSSR count). The van der Waals surface area contributed by atoms with E-state index in [1.165, 1.54) is 16.9 Å². The highest BCUT2D eigenvalue weighted by Gasteiger charge is 2.48. The third-order valence-electron chi connectivity index (χ3n) is 7.13. The van der Waals surface area contributed by atoms with Gasteiger partial charge in [0.2, 0.25) is 5.91 Å². The summed E-state index contributed by atoms with van der Waals surface area (Å²) >= 11 is 5.89. The molecule has 2 atom stereocenters. The zero-order valence-electron chi connectivity index (χ0n) is 20.4. The molecular formula is C24H28ClFN8O3. The number of hydrogen-bond acceptors (Lipinski definition) is 6. The van der Waals surface area contributed by atoms with Crippen LogP contribution in [0.3, 0.4) is 0 Å². The zero-order chi connectivity index (χ0) is 26.3. The number of carbonyl (C=O) groups is 2. The van der Waals surface area contributed by atoms with Gasteiger partial charge >= 0.3 is 0 Å². The molecule has 2 amide bonds. The Kier molecular flexibility index (Phi) is 6.84. The third kappa shape index (κ3) is 5.29.